The van der Waals surface area contributed by atoms with E-state index in [4.69, 9.17) is 0 Å². The van der Waals surface area contributed by atoms with Crippen molar-refractivity contribution >= 4 is 11.3 Å². The van der Waals surface area contributed by atoms with Gasteiger partial charge >= 0.3 is 6.18 Å². The number of hydrogen-bond acceptors (Lipinski definition) is 3. The van der Waals surface area contributed by atoms with Crippen LogP contribution in [0.2, 0.25) is 0 Å². The molecular formula is C9H13F3N2S. The predicted octanol–water partition coefficient (Wildman–Crippen LogP) is 2.70. The van der Waals surface area contributed by atoms with Crippen molar-refractivity contribution in [1.29, 1.82) is 0 Å². The van der Waals surface area contributed by atoms with Gasteiger partial charge in [0.25, 0.3) is 0 Å². The van der Waals surface area contributed by atoms with Gasteiger partial charge in [-0.2, -0.15) is 13.2 Å². The maximum atomic E-state index is 12.1. The molecule has 0 saturated heterocycles. The van der Waals surface area contributed by atoms with E-state index in [1.807, 2.05) is 13.8 Å². The van der Waals surface area contributed by atoms with Crippen molar-refractivity contribution in [3.8, 4) is 0 Å². The van der Waals surface area contributed by atoms with Crippen LogP contribution in [0.4, 0.5) is 13.2 Å². The molecule has 0 unspecified atom stereocenters. The second-order valence-electron chi connectivity index (χ2n) is 3.79. The molecule has 86 valence electrons. The number of halogens is 3. The zero-order valence-corrected chi connectivity index (χ0v) is 9.59. The van der Waals surface area contributed by atoms with Gasteiger partial charge in [0.1, 0.15) is 5.01 Å². The van der Waals surface area contributed by atoms with E-state index in [1.165, 1.54) is 0 Å². The van der Waals surface area contributed by atoms with Crippen LogP contribution in [0.15, 0.2) is 5.38 Å². The molecule has 0 amide bonds. The zero-order chi connectivity index (χ0) is 11.7. The second kappa shape index (κ2) is 4.09. The van der Waals surface area contributed by atoms with E-state index >= 15 is 0 Å². The van der Waals surface area contributed by atoms with Gasteiger partial charge in [-0.15, -0.1) is 11.3 Å². The standard InChI is InChI=1S/C9H13F3N2S/c1-8(2,13-3)6-5-15-7(14-6)4-9(10,11)12/h5,13H,4H2,1-3H3. The van der Waals surface area contributed by atoms with Crippen LogP contribution >= 0.6 is 11.3 Å². The highest BCUT2D eigenvalue weighted by molar-refractivity contribution is 7.09. The lowest BCUT2D eigenvalue weighted by molar-refractivity contribution is -0.127. The Hall–Kier alpha value is -0.620. The van der Waals surface area contributed by atoms with Gasteiger partial charge in [0.2, 0.25) is 0 Å². The first kappa shape index (κ1) is 12.4. The zero-order valence-electron chi connectivity index (χ0n) is 8.77. The largest absolute Gasteiger partial charge is 0.395 e. The minimum atomic E-state index is -4.18. The van der Waals surface area contributed by atoms with Gasteiger partial charge in [0.15, 0.2) is 0 Å². The smallest absolute Gasteiger partial charge is 0.310 e. The van der Waals surface area contributed by atoms with Crippen molar-refractivity contribution in [2.45, 2.75) is 32.0 Å². The third kappa shape index (κ3) is 3.46. The molecule has 6 heteroatoms. The third-order valence-electron chi connectivity index (χ3n) is 2.17. The lowest BCUT2D eigenvalue weighted by Gasteiger charge is -2.21. The first-order valence-corrected chi connectivity index (χ1v) is 5.33. The second-order valence-corrected chi connectivity index (χ2v) is 4.74. The molecule has 0 aliphatic rings. The molecule has 0 aromatic carbocycles. The molecule has 0 fully saturated rings. The highest BCUT2D eigenvalue weighted by Crippen LogP contribution is 2.26. The van der Waals surface area contributed by atoms with Gasteiger partial charge in [-0.3, -0.25) is 0 Å². The van der Waals surface area contributed by atoms with Gasteiger partial charge in [0.05, 0.1) is 17.7 Å². The van der Waals surface area contributed by atoms with Gasteiger partial charge in [0, 0.05) is 5.38 Å². The Kier molecular flexibility index (Phi) is 3.40. The quantitative estimate of drug-likeness (QED) is 0.875. The first-order chi connectivity index (χ1) is 6.74. The average molecular weight is 238 g/mol. The molecule has 0 bridgehead atoms. The number of alkyl halides is 3. The average Bonchev–Trinajstić information content (AvgIpc) is 2.50. The fourth-order valence-electron chi connectivity index (χ4n) is 0.979. The molecule has 0 spiro atoms. The van der Waals surface area contributed by atoms with E-state index in [2.05, 4.69) is 10.3 Å². The lowest BCUT2D eigenvalue weighted by atomic mass is 10.0. The Balaban J connectivity index is 2.81. The Morgan fingerprint density at radius 3 is 2.47 bits per heavy atom. The van der Waals surface area contributed by atoms with Gasteiger partial charge in [-0.05, 0) is 20.9 Å². The summed E-state index contributed by atoms with van der Waals surface area (Å²) in [6.45, 7) is 3.75. The molecular weight excluding hydrogens is 225 g/mol. The van der Waals surface area contributed by atoms with E-state index in [-0.39, 0.29) is 10.5 Å². The number of aromatic nitrogens is 1. The van der Waals surface area contributed by atoms with Crippen LogP contribution < -0.4 is 5.32 Å². The van der Waals surface area contributed by atoms with Crippen LogP contribution in [0.25, 0.3) is 0 Å². The van der Waals surface area contributed by atoms with E-state index in [0.717, 1.165) is 11.3 Å². The molecule has 0 atom stereocenters. The van der Waals surface area contributed by atoms with Crippen molar-refractivity contribution in [1.82, 2.24) is 10.3 Å². The summed E-state index contributed by atoms with van der Waals surface area (Å²) in [5.41, 5.74) is 0.259. The number of nitrogens with one attached hydrogen (secondary N) is 1. The van der Waals surface area contributed by atoms with Crippen molar-refractivity contribution < 1.29 is 13.2 Å². The Morgan fingerprint density at radius 1 is 1.40 bits per heavy atom. The minimum absolute atomic E-state index is 0.112. The molecule has 1 rings (SSSR count). The molecule has 0 aliphatic carbocycles. The monoisotopic (exact) mass is 238 g/mol. The fraction of sp³-hybridized carbons (Fsp3) is 0.667. The highest BCUT2D eigenvalue weighted by atomic mass is 32.1. The topological polar surface area (TPSA) is 24.9 Å². The fourth-order valence-corrected chi connectivity index (χ4v) is 1.97. The summed E-state index contributed by atoms with van der Waals surface area (Å²) < 4.78 is 36.2. The van der Waals surface area contributed by atoms with Crippen LogP contribution in [0.1, 0.15) is 24.5 Å². The molecule has 15 heavy (non-hydrogen) atoms. The van der Waals surface area contributed by atoms with E-state index in [9.17, 15) is 13.2 Å². The number of hydrogen-bond donors (Lipinski definition) is 1. The molecule has 1 N–H and O–H groups in total. The highest BCUT2D eigenvalue weighted by Gasteiger charge is 2.30. The SMILES string of the molecule is CNC(C)(C)c1csc(CC(F)(F)F)n1. The van der Waals surface area contributed by atoms with E-state index in [0.29, 0.717) is 5.69 Å². The summed E-state index contributed by atoms with van der Waals surface area (Å²) in [6.07, 6.45) is -5.13. The van der Waals surface area contributed by atoms with Gasteiger partial charge in [-0.1, -0.05) is 0 Å². The summed E-state index contributed by atoms with van der Waals surface area (Å²) in [7, 11) is 1.75. The van der Waals surface area contributed by atoms with Crippen molar-refractivity contribution in [3.05, 3.63) is 16.1 Å². The number of rotatable bonds is 3. The predicted molar refractivity (Wildman–Crippen MR) is 54.0 cm³/mol. The first-order valence-electron chi connectivity index (χ1n) is 4.45. The molecule has 0 radical (unpaired) electrons. The van der Waals surface area contributed by atoms with Crippen LogP contribution in [0.5, 0.6) is 0 Å². The van der Waals surface area contributed by atoms with Crippen LogP contribution in [-0.2, 0) is 12.0 Å². The van der Waals surface area contributed by atoms with E-state index < -0.39 is 12.6 Å². The van der Waals surface area contributed by atoms with Crippen molar-refractivity contribution in [3.63, 3.8) is 0 Å². The van der Waals surface area contributed by atoms with Crippen molar-refractivity contribution in [2.24, 2.45) is 0 Å². The lowest BCUT2D eigenvalue weighted by Crippen LogP contribution is -2.33. The van der Waals surface area contributed by atoms with Crippen molar-refractivity contribution in [2.75, 3.05) is 7.05 Å². The van der Waals surface area contributed by atoms with Gasteiger partial charge < -0.3 is 5.32 Å². The third-order valence-corrected chi connectivity index (χ3v) is 3.02. The minimum Gasteiger partial charge on any atom is -0.310 e. The maximum Gasteiger partial charge on any atom is 0.395 e. The Bertz CT molecular complexity index is 330. The molecule has 0 saturated carbocycles. The summed E-state index contributed by atoms with van der Waals surface area (Å²) >= 11 is 1.05. The van der Waals surface area contributed by atoms with Crippen LogP contribution in [0.3, 0.4) is 0 Å². The summed E-state index contributed by atoms with van der Waals surface area (Å²) in [6, 6.07) is 0. The van der Waals surface area contributed by atoms with E-state index in [1.54, 1.807) is 12.4 Å². The van der Waals surface area contributed by atoms with Crippen LogP contribution in [0, 0.1) is 0 Å². The summed E-state index contributed by atoms with van der Waals surface area (Å²) in [5, 5.41) is 4.77. The summed E-state index contributed by atoms with van der Waals surface area (Å²) in [4.78, 5) is 3.97. The maximum absolute atomic E-state index is 12.1. The number of thiazole rings is 1. The molecule has 2 nitrogen and oxygen atoms in total. The summed E-state index contributed by atoms with van der Waals surface area (Å²) in [5.74, 6) is 0. The normalized spacial score (nSPS) is 13.2. The molecule has 1 heterocycles. The van der Waals surface area contributed by atoms with Crippen LogP contribution in [-0.4, -0.2) is 18.2 Å². The Morgan fingerprint density at radius 2 is 2.00 bits per heavy atom. The Labute approximate surface area is 90.5 Å². The molecule has 0 aliphatic heterocycles. The molecule has 1 aromatic heterocycles. The van der Waals surface area contributed by atoms with Gasteiger partial charge in [-0.25, -0.2) is 4.98 Å². The number of nitrogens with zero attached hydrogens (tertiary/aromatic N) is 1. The molecule has 1 aromatic rings.